The lowest BCUT2D eigenvalue weighted by Crippen LogP contribution is -2.21. The molecule has 1 rings (SSSR count). The fourth-order valence-electron chi connectivity index (χ4n) is 1.78. The summed E-state index contributed by atoms with van der Waals surface area (Å²) in [7, 11) is 0. The summed E-state index contributed by atoms with van der Waals surface area (Å²) in [4.78, 5) is 0. The van der Waals surface area contributed by atoms with Crippen molar-refractivity contribution in [2.24, 2.45) is 5.73 Å². The van der Waals surface area contributed by atoms with Gasteiger partial charge in [0.15, 0.2) is 0 Å². The fourth-order valence-corrected chi connectivity index (χ4v) is 2.87. The Labute approximate surface area is 92.0 Å². The summed E-state index contributed by atoms with van der Waals surface area (Å²) < 4.78 is 5.93. The maximum absolute atomic E-state index is 5.93. The minimum Gasteiger partial charge on any atom is -0.371 e. The van der Waals surface area contributed by atoms with Crippen LogP contribution >= 0.6 is 11.8 Å². The van der Waals surface area contributed by atoms with Crippen LogP contribution in [0, 0.1) is 0 Å². The molecule has 1 saturated heterocycles. The van der Waals surface area contributed by atoms with E-state index in [-0.39, 0.29) is 5.60 Å². The number of hydrogen-bond donors (Lipinski definition) is 1. The molecule has 0 saturated carbocycles. The van der Waals surface area contributed by atoms with Crippen molar-refractivity contribution in [3.8, 4) is 0 Å². The van der Waals surface area contributed by atoms with Gasteiger partial charge in [0.2, 0.25) is 0 Å². The van der Waals surface area contributed by atoms with Gasteiger partial charge in [-0.25, -0.2) is 0 Å². The number of nitrogens with two attached hydrogens (primary N) is 1. The second kappa shape index (κ2) is 5.38. The number of hydrogen-bond acceptors (Lipinski definition) is 3. The van der Waals surface area contributed by atoms with E-state index < -0.39 is 0 Å². The van der Waals surface area contributed by atoms with E-state index in [1.54, 1.807) is 0 Å². The zero-order valence-electron chi connectivity index (χ0n) is 9.58. The van der Waals surface area contributed by atoms with Gasteiger partial charge >= 0.3 is 0 Å². The van der Waals surface area contributed by atoms with Crippen molar-refractivity contribution >= 4 is 11.8 Å². The molecule has 1 heterocycles. The van der Waals surface area contributed by atoms with Gasteiger partial charge in [-0.15, -0.1) is 0 Å². The summed E-state index contributed by atoms with van der Waals surface area (Å²) >= 11 is 1.99. The van der Waals surface area contributed by atoms with Crippen LogP contribution in [0.5, 0.6) is 0 Å². The summed E-state index contributed by atoms with van der Waals surface area (Å²) in [6, 6.07) is 0. The lowest BCUT2D eigenvalue weighted by Gasteiger charge is -2.20. The predicted molar refractivity (Wildman–Crippen MR) is 63.8 cm³/mol. The van der Waals surface area contributed by atoms with E-state index in [1.807, 2.05) is 11.8 Å². The van der Waals surface area contributed by atoms with E-state index >= 15 is 0 Å². The van der Waals surface area contributed by atoms with Crippen molar-refractivity contribution in [3.05, 3.63) is 0 Å². The average Bonchev–Trinajstić information content (AvgIpc) is 2.43. The zero-order chi connectivity index (χ0) is 10.6. The SMILES string of the molecule is CC(CCN)SCC1CCC(C)(C)O1. The first-order chi connectivity index (χ1) is 6.53. The van der Waals surface area contributed by atoms with E-state index in [9.17, 15) is 0 Å². The Hall–Kier alpha value is 0.270. The minimum atomic E-state index is 0.113. The highest BCUT2D eigenvalue weighted by Gasteiger charge is 2.31. The molecule has 14 heavy (non-hydrogen) atoms. The van der Waals surface area contributed by atoms with Crippen LogP contribution < -0.4 is 5.73 Å². The molecule has 2 atom stereocenters. The minimum absolute atomic E-state index is 0.113. The lowest BCUT2D eigenvalue weighted by molar-refractivity contribution is -0.00470. The molecule has 3 heteroatoms. The molecular formula is C11H23NOS. The molecule has 0 bridgehead atoms. The highest BCUT2D eigenvalue weighted by atomic mass is 32.2. The van der Waals surface area contributed by atoms with Gasteiger partial charge in [-0.1, -0.05) is 6.92 Å². The van der Waals surface area contributed by atoms with Crippen molar-refractivity contribution in [3.63, 3.8) is 0 Å². The summed E-state index contributed by atoms with van der Waals surface area (Å²) in [5, 5.41) is 0.673. The molecule has 1 fully saturated rings. The molecule has 2 nitrogen and oxygen atoms in total. The molecule has 2 N–H and O–H groups in total. The van der Waals surface area contributed by atoms with Crippen LogP contribution in [0.1, 0.15) is 40.0 Å². The predicted octanol–water partition coefficient (Wildman–Crippen LogP) is 2.41. The molecule has 0 aliphatic carbocycles. The molecule has 0 radical (unpaired) electrons. The quantitative estimate of drug-likeness (QED) is 0.768. The van der Waals surface area contributed by atoms with Crippen molar-refractivity contribution in [2.45, 2.75) is 57.0 Å². The summed E-state index contributed by atoms with van der Waals surface area (Å²) in [5.41, 5.74) is 5.63. The van der Waals surface area contributed by atoms with Crippen molar-refractivity contribution in [2.75, 3.05) is 12.3 Å². The Morgan fingerprint density at radius 1 is 1.57 bits per heavy atom. The summed E-state index contributed by atoms with van der Waals surface area (Å²) in [6.07, 6.45) is 4.00. The molecule has 2 unspecified atom stereocenters. The fraction of sp³-hybridized carbons (Fsp3) is 1.00. The largest absolute Gasteiger partial charge is 0.371 e. The second-order valence-corrected chi connectivity index (χ2v) is 6.23. The van der Waals surface area contributed by atoms with Crippen molar-refractivity contribution in [1.29, 1.82) is 0 Å². The molecule has 84 valence electrons. The Morgan fingerprint density at radius 3 is 2.79 bits per heavy atom. The normalized spacial score (nSPS) is 27.9. The zero-order valence-corrected chi connectivity index (χ0v) is 10.4. The Morgan fingerprint density at radius 2 is 2.29 bits per heavy atom. The lowest BCUT2D eigenvalue weighted by atomic mass is 10.1. The number of rotatable bonds is 5. The third-order valence-electron chi connectivity index (χ3n) is 2.69. The number of ether oxygens (including phenoxy) is 1. The standard InChI is InChI=1S/C11H23NOS/c1-9(5-7-12)14-8-10-4-6-11(2,3)13-10/h9-10H,4-8,12H2,1-3H3. The first-order valence-corrected chi connectivity index (χ1v) is 6.58. The highest BCUT2D eigenvalue weighted by molar-refractivity contribution is 7.99. The van der Waals surface area contributed by atoms with Gasteiger partial charge < -0.3 is 10.5 Å². The van der Waals surface area contributed by atoms with E-state index in [2.05, 4.69) is 20.8 Å². The van der Waals surface area contributed by atoms with Gasteiger partial charge in [0, 0.05) is 11.0 Å². The maximum Gasteiger partial charge on any atom is 0.0673 e. The third kappa shape index (κ3) is 4.20. The van der Waals surface area contributed by atoms with E-state index in [1.165, 1.54) is 12.8 Å². The van der Waals surface area contributed by atoms with Crippen LogP contribution in [0.2, 0.25) is 0 Å². The second-order valence-electron chi connectivity index (χ2n) is 4.76. The van der Waals surface area contributed by atoms with Gasteiger partial charge in [0.25, 0.3) is 0 Å². The van der Waals surface area contributed by atoms with Gasteiger partial charge in [-0.05, 0) is 39.7 Å². The Balaban J connectivity index is 2.14. The maximum atomic E-state index is 5.93. The van der Waals surface area contributed by atoms with E-state index in [0.29, 0.717) is 11.4 Å². The van der Waals surface area contributed by atoms with Crippen molar-refractivity contribution in [1.82, 2.24) is 0 Å². The molecular weight excluding hydrogens is 194 g/mol. The van der Waals surface area contributed by atoms with Crippen LogP contribution in [-0.4, -0.2) is 29.3 Å². The van der Waals surface area contributed by atoms with Crippen LogP contribution in [0.25, 0.3) is 0 Å². The summed E-state index contributed by atoms with van der Waals surface area (Å²) in [5.74, 6) is 1.13. The smallest absolute Gasteiger partial charge is 0.0673 e. The van der Waals surface area contributed by atoms with Crippen molar-refractivity contribution < 1.29 is 4.74 Å². The van der Waals surface area contributed by atoms with Gasteiger partial charge in [-0.2, -0.15) is 11.8 Å². The summed E-state index contributed by atoms with van der Waals surface area (Å²) in [6.45, 7) is 7.41. The first-order valence-electron chi connectivity index (χ1n) is 5.53. The topological polar surface area (TPSA) is 35.2 Å². The molecule has 0 amide bonds. The highest BCUT2D eigenvalue weighted by Crippen LogP contribution is 2.31. The Bertz CT molecular complexity index is 173. The van der Waals surface area contributed by atoms with Crippen LogP contribution in [0.15, 0.2) is 0 Å². The molecule has 1 aliphatic rings. The van der Waals surface area contributed by atoms with Crippen LogP contribution in [0.4, 0.5) is 0 Å². The molecule has 1 aliphatic heterocycles. The van der Waals surface area contributed by atoms with E-state index in [4.69, 9.17) is 10.5 Å². The van der Waals surface area contributed by atoms with E-state index in [0.717, 1.165) is 18.7 Å². The van der Waals surface area contributed by atoms with Crippen LogP contribution in [-0.2, 0) is 4.74 Å². The van der Waals surface area contributed by atoms with Gasteiger partial charge in [0.1, 0.15) is 0 Å². The molecule has 0 aromatic carbocycles. The van der Waals surface area contributed by atoms with Crippen LogP contribution in [0.3, 0.4) is 0 Å². The third-order valence-corrected chi connectivity index (χ3v) is 4.06. The average molecular weight is 217 g/mol. The van der Waals surface area contributed by atoms with Gasteiger partial charge in [-0.3, -0.25) is 0 Å². The monoisotopic (exact) mass is 217 g/mol. The molecule has 0 spiro atoms. The molecule has 0 aromatic rings. The number of thioether (sulfide) groups is 1. The van der Waals surface area contributed by atoms with Gasteiger partial charge in [0.05, 0.1) is 11.7 Å². The Kier molecular flexibility index (Phi) is 4.74. The molecule has 0 aromatic heterocycles. The first kappa shape index (κ1) is 12.3.